The molecule has 0 spiro atoms. The van der Waals surface area contributed by atoms with Crippen molar-refractivity contribution in [3.8, 4) is 0 Å². The first-order valence-corrected chi connectivity index (χ1v) is 4.25. The zero-order valence-corrected chi connectivity index (χ0v) is 8.18. The number of benzene rings is 1. The van der Waals surface area contributed by atoms with E-state index in [1.807, 2.05) is 0 Å². The highest BCUT2D eigenvalue weighted by molar-refractivity contribution is 6.32. The Morgan fingerprint density at radius 1 is 1.57 bits per heavy atom. The normalized spacial score (nSPS) is 11.5. The average molecular weight is 215 g/mol. The lowest BCUT2D eigenvalue weighted by molar-refractivity contribution is -0.131. The molecule has 0 atom stereocenters. The van der Waals surface area contributed by atoms with E-state index in [1.165, 1.54) is 12.1 Å². The van der Waals surface area contributed by atoms with Gasteiger partial charge in [-0.05, 0) is 30.2 Å². The third-order valence-electron chi connectivity index (χ3n) is 1.70. The van der Waals surface area contributed by atoms with Gasteiger partial charge in [-0.3, -0.25) is 0 Å². The van der Waals surface area contributed by atoms with E-state index in [4.69, 9.17) is 16.7 Å². The molecule has 14 heavy (non-hydrogen) atoms. The van der Waals surface area contributed by atoms with Crippen LogP contribution in [0.25, 0.3) is 5.57 Å². The van der Waals surface area contributed by atoms with E-state index in [1.54, 1.807) is 6.92 Å². The number of hydrogen-bond acceptors (Lipinski definition) is 1. The number of allylic oxidation sites excluding steroid dienone is 1. The van der Waals surface area contributed by atoms with Crippen molar-refractivity contribution in [1.29, 1.82) is 0 Å². The van der Waals surface area contributed by atoms with Crippen LogP contribution in [-0.4, -0.2) is 11.1 Å². The number of carboxylic acid groups (broad SMARTS) is 1. The zero-order chi connectivity index (χ0) is 10.7. The van der Waals surface area contributed by atoms with Gasteiger partial charge in [-0.25, -0.2) is 9.18 Å². The van der Waals surface area contributed by atoms with Gasteiger partial charge in [0.15, 0.2) is 0 Å². The van der Waals surface area contributed by atoms with Gasteiger partial charge in [0.05, 0.1) is 5.02 Å². The summed E-state index contributed by atoms with van der Waals surface area (Å²) in [6, 6.07) is 3.84. The van der Waals surface area contributed by atoms with Crippen molar-refractivity contribution < 1.29 is 14.3 Å². The van der Waals surface area contributed by atoms with E-state index < -0.39 is 11.8 Å². The summed E-state index contributed by atoms with van der Waals surface area (Å²) >= 11 is 5.73. The van der Waals surface area contributed by atoms with Crippen LogP contribution in [-0.2, 0) is 4.79 Å². The molecule has 2 nitrogen and oxygen atoms in total. The minimum absolute atomic E-state index is 0.208. The maximum absolute atomic E-state index is 12.7. The smallest absolute Gasteiger partial charge is 0.328 e. The molecule has 1 rings (SSSR count). The molecule has 0 heterocycles. The van der Waals surface area contributed by atoms with Gasteiger partial charge in [0.1, 0.15) is 5.82 Å². The third-order valence-corrected chi connectivity index (χ3v) is 2.01. The lowest BCUT2D eigenvalue weighted by Crippen LogP contribution is -1.91. The first-order valence-electron chi connectivity index (χ1n) is 3.87. The molecule has 0 aliphatic carbocycles. The van der Waals surface area contributed by atoms with Gasteiger partial charge in [-0.1, -0.05) is 17.7 Å². The quantitative estimate of drug-likeness (QED) is 0.769. The van der Waals surface area contributed by atoms with Crippen LogP contribution in [0.2, 0.25) is 5.02 Å². The summed E-state index contributed by atoms with van der Waals surface area (Å²) < 4.78 is 12.7. The molecule has 0 amide bonds. The molecule has 4 heteroatoms. The fourth-order valence-electron chi connectivity index (χ4n) is 1.07. The molecule has 0 aliphatic rings. The number of hydrogen-bond donors (Lipinski definition) is 1. The van der Waals surface area contributed by atoms with Gasteiger partial charge in [0.2, 0.25) is 0 Å². The Morgan fingerprint density at radius 2 is 2.21 bits per heavy atom. The Balaban J connectivity index is 3.14. The molecule has 0 radical (unpaired) electrons. The number of rotatable bonds is 2. The van der Waals surface area contributed by atoms with Crippen LogP contribution < -0.4 is 0 Å². The number of carboxylic acids is 1. The molecule has 0 bridgehead atoms. The molecule has 1 aromatic rings. The summed E-state index contributed by atoms with van der Waals surface area (Å²) in [4.78, 5) is 10.4. The second-order valence-corrected chi connectivity index (χ2v) is 3.20. The molecular weight excluding hydrogens is 207 g/mol. The lowest BCUT2D eigenvalue weighted by Gasteiger charge is -2.03. The maximum atomic E-state index is 12.7. The SMILES string of the molecule is CC(=CC(=O)O)c1ccc(F)cc1Cl. The molecule has 0 saturated carbocycles. The van der Waals surface area contributed by atoms with E-state index in [-0.39, 0.29) is 5.02 Å². The van der Waals surface area contributed by atoms with Crippen molar-refractivity contribution in [2.45, 2.75) is 6.92 Å². The van der Waals surface area contributed by atoms with Gasteiger partial charge in [0.25, 0.3) is 0 Å². The van der Waals surface area contributed by atoms with Crippen LogP contribution in [0.1, 0.15) is 12.5 Å². The topological polar surface area (TPSA) is 37.3 Å². The minimum atomic E-state index is -1.05. The van der Waals surface area contributed by atoms with Crippen LogP contribution in [0, 0.1) is 5.82 Å². The van der Waals surface area contributed by atoms with Crippen molar-refractivity contribution in [3.05, 3.63) is 40.7 Å². The van der Waals surface area contributed by atoms with E-state index >= 15 is 0 Å². The fraction of sp³-hybridized carbons (Fsp3) is 0.100. The Labute approximate surface area is 85.6 Å². The Morgan fingerprint density at radius 3 is 2.71 bits per heavy atom. The Hall–Kier alpha value is -1.35. The van der Waals surface area contributed by atoms with Gasteiger partial charge >= 0.3 is 5.97 Å². The van der Waals surface area contributed by atoms with Crippen molar-refractivity contribution in [3.63, 3.8) is 0 Å². The van der Waals surface area contributed by atoms with E-state index in [0.717, 1.165) is 12.1 Å². The monoisotopic (exact) mass is 214 g/mol. The van der Waals surface area contributed by atoms with Gasteiger partial charge in [0, 0.05) is 6.08 Å². The summed E-state index contributed by atoms with van der Waals surface area (Å²) in [5.74, 6) is -1.50. The van der Waals surface area contributed by atoms with E-state index in [2.05, 4.69) is 0 Å². The van der Waals surface area contributed by atoms with Gasteiger partial charge in [-0.15, -0.1) is 0 Å². The highest BCUT2D eigenvalue weighted by Crippen LogP contribution is 2.24. The molecule has 0 saturated heterocycles. The molecule has 0 aliphatic heterocycles. The Bertz CT molecular complexity index is 399. The predicted molar refractivity (Wildman–Crippen MR) is 52.7 cm³/mol. The number of carbonyl (C=O) groups is 1. The first-order chi connectivity index (χ1) is 6.50. The summed E-state index contributed by atoms with van der Waals surface area (Å²) in [5.41, 5.74) is 1.01. The summed E-state index contributed by atoms with van der Waals surface area (Å²) in [6.07, 6.45) is 1.03. The second kappa shape index (κ2) is 4.24. The second-order valence-electron chi connectivity index (χ2n) is 2.79. The minimum Gasteiger partial charge on any atom is -0.478 e. The molecule has 74 valence electrons. The largest absolute Gasteiger partial charge is 0.478 e. The molecule has 1 aromatic carbocycles. The molecule has 1 N–H and O–H groups in total. The molecular formula is C10H8ClFO2. The molecule has 0 unspecified atom stereocenters. The van der Waals surface area contributed by atoms with E-state index in [0.29, 0.717) is 11.1 Å². The summed E-state index contributed by atoms with van der Waals surface area (Å²) in [7, 11) is 0. The van der Waals surface area contributed by atoms with Crippen LogP contribution in [0.3, 0.4) is 0 Å². The lowest BCUT2D eigenvalue weighted by atomic mass is 10.1. The summed E-state index contributed by atoms with van der Waals surface area (Å²) in [5, 5.41) is 8.71. The Kier molecular flexibility index (Phi) is 3.25. The zero-order valence-electron chi connectivity index (χ0n) is 7.42. The highest BCUT2D eigenvalue weighted by atomic mass is 35.5. The number of aliphatic carboxylic acids is 1. The van der Waals surface area contributed by atoms with Crippen LogP contribution in [0.5, 0.6) is 0 Å². The van der Waals surface area contributed by atoms with Crippen molar-refractivity contribution >= 4 is 23.1 Å². The fourth-order valence-corrected chi connectivity index (χ4v) is 1.39. The van der Waals surface area contributed by atoms with Crippen LogP contribution in [0.4, 0.5) is 4.39 Å². The third kappa shape index (κ3) is 2.57. The first kappa shape index (κ1) is 10.7. The molecule has 0 aromatic heterocycles. The van der Waals surface area contributed by atoms with E-state index in [9.17, 15) is 9.18 Å². The van der Waals surface area contributed by atoms with Crippen molar-refractivity contribution in [2.75, 3.05) is 0 Å². The van der Waals surface area contributed by atoms with Crippen molar-refractivity contribution in [2.24, 2.45) is 0 Å². The summed E-state index contributed by atoms with van der Waals surface area (Å²) in [6.45, 7) is 1.60. The van der Waals surface area contributed by atoms with Crippen LogP contribution in [0.15, 0.2) is 24.3 Å². The highest BCUT2D eigenvalue weighted by Gasteiger charge is 2.04. The maximum Gasteiger partial charge on any atom is 0.328 e. The standard InChI is InChI=1S/C10H8ClFO2/c1-6(4-10(13)14)8-3-2-7(12)5-9(8)11/h2-5H,1H3,(H,13,14). The number of halogens is 2. The van der Waals surface area contributed by atoms with Crippen LogP contribution >= 0.6 is 11.6 Å². The molecule has 0 fully saturated rings. The van der Waals surface area contributed by atoms with Crippen molar-refractivity contribution in [1.82, 2.24) is 0 Å². The average Bonchev–Trinajstić information content (AvgIpc) is 2.01. The predicted octanol–water partition coefficient (Wildman–Crippen LogP) is 2.97. The van der Waals surface area contributed by atoms with Gasteiger partial charge < -0.3 is 5.11 Å². The van der Waals surface area contributed by atoms with Gasteiger partial charge in [-0.2, -0.15) is 0 Å².